The number of aryl methyl sites for hydroxylation is 2. The molecule has 0 saturated heterocycles. The van der Waals surface area contributed by atoms with E-state index in [9.17, 15) is 0 Å². The third kappa shape index (κ3) is 2.71. The van der Waals surface area contributed by atoms with Gasteiger partial charge in [-0.05, 0) is 31.0 Å². The highest BCUT2D eigenvalue weighted by Crippen LogP contribution is 2.11. The summed E-state index contributed by atoms with van der Waals surface area (Å²) in [6.45, 7) is 5.03. The van der Waals surface area contributed by atoms with Crippen molar-refractivity contribution in [1.29, 1.82) is 0 Å². The predicted octanol–water partition coefficient (Wildman–Crippen LogP) is 1.97. The molecule has 0 aliphatic rings. The molecule has 1 N–H and O–H groups in total. The fourth-order valence-corrected chi connectivity index (χ4v) is 1.83. The molecule has 0 saturated carbocycles. The zero-order chi connectivity index (χ0) is 12.3. The number of rotatable bonds is 4. The van der Waals surface area contributed by atoms with Gasteiger partial charge in [0.2, 0.25) is 0 Å². The maximum absolute atomic E-state index is 4.34. The lowest BCUT2D eigenvalue weighted by Crippen LogP contribution is -2.21. The molecule has 0 radical (unpaired) electrons. The Kier molecular flexibility index (Phi) is 3.54. The molecule has 1 unspecified atom stereocenters. The predicted molar refractivity (Wildman–Crippen MR) is 67.4 cm³/mol. The van der Waals surface area contributed by atoms with Gasteiger partial charge in [0.05, 0.1) is 6.04 Å². The molecule has 0 bridgehead atoms. The van der Waals surface area contributed by atoms with Crippen molar-refractivity contribution in [3.63, 3.8) is 0 Å². The molecule has 4 nitrogen and oxygen atoms in total. The molecular weight excluding hydrogens is 212 g/mol. The largest absolute Gasteiger partial charge is 0.337 e. The first kappa shape index (κ1) is 11.8. The van der Waals surface area contributed by atoms with Crippen LogP contribution in [0.5, 0.6) is 0 Å². The summed E-state index contributed by atoms with van der Waals surface area (Å²) in [5.74, 6) is 1.05. The summed E-state index contributed by atoms with van der Waals surface area (Å²) in [4.78, 5) is 8.48. The molecule has 2 aromatic rings. The second kappa shape index (κ2) is 5.10. The Morgan fingerprint density at radius 3 is 2.88 bits per heavy atom. The van der Waals surface area contributed by atoms with Crippen LogP contribution < -0.4 is 5.32 Å². The van der Waals surface area contributed by atoms with Crippen molar-refractivity contribution in [2.75, 3.05) is 0 Å². The Hall–Kier alpha value is -1.68. The van der Waals surface area contributed by atoms with E-state index in [2.05, 4.69) is 29.1 Å². The number of nitrogens with one attached hydrogen (secondary N) is 1. The number of imidazole rings is 1. The minimum absolute atomic E-state index is 0.231. The van der Waals surface area contributed by atoms with Crippen molar-refractivity contribution in [1.82, 2.24) is 19.9 Å². The van der Waals surface area contributed by atoms with Crippen LogP contribution in [0.25, 0.3) is 0 Å². The second-order valence-corrected chi connectivity index (χ2v) is 4.30. The van der Waals surface area contributed by atoms with E-state index in [4.69, 9.17) is 0 Å². The monoisotopic (exact) mass is 230 g/mol. The van der Waals surface area contributed by atoms with Gasteiger partial charge in [0, 0.05) is 38.4 Å². The van der Waals surface area contributed by atoms with Crippen LogP contribution in [0.15, 0.2) is 30.9 Å². The molecule has 1 atom stereocenters. The van der Waals surface area contributed by atoms with Crippen molar-refractivity contribution in [2.24, 2.45) is 7.05 Å². The van der Waals surface area contributed by atoms with Gasteiger partial charge in [-0.1, -0.05) is 0 Å². The second-order valence-electron chi connectivity index (χ2n) is 4.30. The van der Waals surface area contributed by atoms with Gasteiger partial charge in [-0.25, -0.2) is 4.98 Å². The van der Waals surface area contributed by atoms with Crippen LogP contribution in [0, 0.1) is 6.92 Å². The SMILES string of the molecule is Cc1ccncc1CNC(C)c1nccn1C. The highest BCUT2D eigenvalue weighted by molar-refractivity contribution is 5.21. The average Bonchev–Trinajstić information content (AvgIpc) is 2.74. The summed E-state index contributed by atoms with van der Waals surface area (Å²) in [6, 6.07) is 2.26. The van der Waals surface area contributed by atoms with Gasteiger partial charge >= 0.3 is 0 Å². The minimum atomic E-state index is 0.231. The first-order valence-electron chi connectivity index (χ1n) is 5.78. The van der Waals surface area contributed by atoms with Crippen LogP contribution >= 0.6 is 0 Å². The van der Waals surface area contributed by atoms with Crippen LogP contribution in [0.3, 0.4) is 0 Å². The number of hydrogen-bond donors (Lipinski definition) is 1. The molecule has 0 amide bonds. The number of nitrogens with zero attached hydrogens (tertiary/aromatic N) is 3. The molecule has 0 fully saturated rings. The Morgan fingerprint density at radius 1 is 1.41 bits per heavy atom. The van der Waals surface area contributed by atoms with Crippen molar-refractivity contribution in [3.05, 3.63) is 47.8 Å². The van der Waals surface area contributed by atoms with E-state index in [1.165, 1.54) is 11.1 Å². The van der Waals surface area contributed by atoms with E-state index in [1.807, 2.05) is 42.5 Å². The van der Waals surface area contributed by atoms with Crippen molar-refractivity contribution >= 4 is 0 Å². The molecule has 0 aliphatic heterocycles. The highest BCUT2D eigenvalue weighted by Gasteiger charge is 2.09. The lowest BCUT2D eigenvalue weighted by molar-refractivity contribution is 0.528. The Morgan fingerprint density at radius 2 is 2.24 bits per heavy atom. The summed E-state index contributed by atoms with van der Waals surface area (Å²) in [7, 11) is 2.01. The van der Waals surface area contributed by atoms with Gasteiger partial charge in [-0.2, -0.15) is 0 Å². The molecule has 17 heavy (non-hydrogen) atoms. The standard InChI is InChI=1S/C13H18N4/c1-10-4-5-14-8-12(10)9-16-11(2)13-15-6-7-17(13)3/h4-8,11,16H,9H2,1-3H3. The lowest BCUT2D eigenvalue weighted by Gasteiger charge is -2.14. The van der Waals surface area contributed by atoms with Gasteiger partial charge in [0.1, 0.15) is 5.82 Å². The molecule has 2 rings (SSSR count). The van der Waals surface area contributed by atoms with Crippen LogP contribution in [-0.4, -0.2) is 14.5 Å². The van der Waals surface area contributed by atoms with Gasteiger partial charge in [0.25, 0.3) is 0 Å². The third-order valence-electron chi connectivity index (χ3n) is 2.99. The van der Waals surface area contributed by atoms with Crippen molar-refractivity contribution in [2.45, 2.75) is 26.4 Å². The molecule has 0 spiro atoms. The Balaban J connectivity index is 2.00. The lowest BCUT2D eigenvalue weighted by atomic mass is 10.1. The summed E-state index contributed by atoms with van der Waals surface area (Å²) < 4.78 is 2.04. The van der Waals surface area contributed by atoms with Gasteiger partial charge < -0.3 is 9.88 Å². The summed E-state index contributed by atoms with van der Waals surface area (Å²) in [6.07, 6.45) is 7.51. The van der Waals surface area contributed by atoms with E-state index in [0.29, 0.717) is 0 Å². The maximum Gasteiger partial charge on any atom is 0.125 e. The van der Waals surface area contributed by atoms with Crippen LogP contribution in [-0.2, 0) is 13.6 Å². The van der Waals surface area contributed by atoms with Crippen molar-refractivity contribution < 1.29 is 0 Å². The van der Waals surface area contributed by atoms with E-state index in [0.717, 1.165) is 12.4 Å². The number of aromatic nitrogens is 3. The first-order chi connectivity index (χ1) is 8.18. The maximum atomic E-state index is 4.34. The quantitative estimate of drug-likeness (QED) is 0.873. The zero-order valence-corrected chi connectivity index (χ0v) is 10.5. The fourth-order valence-electron chi connectivity index (χ4n) is 1.83. The zero-order valence-electron chi connectivity index (χ0n) is 10.5. The molecule has 2 heterocycles. The van der Waals surface area contributed by atoms with Gasteiger partial charge in [0.15, 0.2) is 0 Å². The van der Waals surface area contributed by atoms with E-state index in [1.54, 1.807) is 0 Å². The number of pyridine rings is 1. The first-order valence-corrected chi connectivity index (χ1v) is 5.78. The number of hydrogen-bond acceptors (Lipinski definition) is 3. The van der Waals surface area contributed by atoms with E-state index < -0.39 is 0 Å². The average molecular weight is 230 g/mol. The van der Waals surface area contributed by atoms with Gasteiger partial charge in [-0.15, -0.1) is 0 Å². The molecule has 0 aliphatic carbocycles. The normalized spacial score (nSPS) is 12.6. The topological polar surface area (TPSA) is 42.7 Å². The molecule has 90 valence electrons. The Labute approximate surface area is 102 Å². The van der Waals surface area contributed by atoms with E-state index >= 15 is 0 Å². The fraction of sp³-hybridized carbons (Fsp3) is 0.385. The summed E-state index contributed by atoms with van der Waals surface area (Å²) >= 11 is 0. The third-order valence-corrected chi connectivity index (χ3v) is 2.99. The molecule has 2 aromatic heterocycles. The molecule has 4 heteroatoms. The summed E-state index contributed by atoms with van der Waals surface area (Å²) in [5.41, 5.74) is 2.49. The summed E-state index contributed by atoms with van der Waals surface area (Å²) in [5, 5.41) is 3.46. The van der Waals surface area contributed by atoms with Gasteiger partial charge in [-0.3, -0.25) is 4.98 Å². The Bertz CT molecular complexity index is 490. The van der Waals surface area contributed by atoms with Crippen LogP contribution in [0.4, 0.5) is 0 Å². The van der Waals surface area contributed by atoms with Crippen LogP contribution in [0.2, 0.25) is 0 Å². The molecular formula is C13H18N4. The van der Waals surface area contributed by atoms with E-state index in [-0.39, 0.29) is 6.04 Å². The molecule has 0 aromatic carbocycles. The highest BCUT2D eigenvalue weighted by atomic mass is 15.1. The van der Waals surface area contributed by atoms with Crippen LogP contribution in [0.1, 0.15) is 29.9 Å². The smallest absolute Gasteiger partial charge is 0.125 e. The van der Waals surface area contributed by atoms with Crippen molar-refractivity contribution in [3.8, 4) is 0 Å². The minimum Gasteiger partial charge on any atom is -0.337 e.